The van der Waals surface area contributed by atoms with Gasteiger partial charge in [0.1, 0.15) is 5.69 Å². The molecular weight excluding hydrogens is 222 g/mol. The summed E-state index contributed by atoms with van der Waals surface area (Å²) in [6, 6.07) is 5.29. The van der Waals surface area contributed by atoms with Crippen LogP contribution in [0.5, 0.6) is 0 Å². The molecule has 0 atom stereocenters. The van der Waals surface area contributed by atoms with Gasteiger partial charge in [-0.3, -0.25) is 0 Å². The second-order valence-corrected chi connectivity index (χ2v) is 4.05. The van der Waals surface area contributed by atoms with Gasteiger partial charge in [-0.15, -0.1) is 0 Å². The average molecular weight is 236 g/mol. The third-order valence-electron chi connectivity index (χ3n) is 3.02. The van der Waals surface area contributed by atoms with Crippen molar-refractivity contribution in [2.24, 2.45) is 0 Å². The maximum atomic E-state index is 12.8. The Balaban J connectivity index is 2.83. The number of nitrogens with zero attached hydrogens (tertiary/aromatic N) is 1. The largest absolute Gasteiger partial charge is 0.388 e. The minimum Gasteiger partial charge on any atom is -0.388 e. The van der Waals surface area contributed by atoms with Crippen LogP contribution in [0.1, 0.15) is 23.2 Å². The number of nitrogens with one attached hydrogen (secondary N) is 1. The molecule has 2 nitrogen and oxygen atoms in total. The summed E-state index contributed by atoms with van der Waals surface area (Å²) in [6.07, 6.45) is -2.55. The Kier molecular flexibility index (Phi) is 2.96. The van der Waals surface area contributed by atoms with Crippen LogP contribution in [0.15, 0.2) is 18.2 Å². The van der Waals surface area contributed by atoms with Crippen molar-refractivity contribution in [3.8, 4) is 0 Å². The molecule has 2 rings (SSSR count). The van der Waals surface area contributed by atoms with Gasteiger partial charge in [0.25, 0.3) is 6.43 Å². The van der Waals surface area contributed by atoms with Crippen LogP contribution < -0.4 is 5.32 Å². The van der Waals surface area contributed by atoms with Gasteiger partial charge in [-0.25, -0.2) is 13.8 Å². The number of aryl methyl sites for hydroxylation is 2. The minimum absolute atomic E-state index is 0.185. The van der Waals surface area contributed by atoms with Crippen LogP contribution >= 0.6 is 0 Å². The molecule has 1 N–H and O–H groups in total. The van der Waals surface area contributed by atoms with E-state index in [1.54, 1.807) is 7.05 Å². The first-order valence-electron chi connectivity index (χ1n) is 5.41. The van der Waals surface area contributed by atoms with Crippen LogP contribution in [0, 0.1) is 13.8 Å². The molecule has 1 aromatic heterocycles. The van der Waals surface area contributed by atoms with Crippen molar-refractivity contribution in [3.05, 3.63) is 35.0 Å². The molecule has 0 aliphatic carbocycles. The molecular formula is C13H14F2N2. The van der Waals surface area contributed by atoms with Crippen molar-refractivity contribution in [1.82, 2.24) is 4.98 Å². The minimum atomic E-state index is -2.55. The second kappa shape index (κ2) is 4.28. The van der Waals surface area contributed by atoms with Crippen LogP contribution in [0.3, 0.4) is 0 Å². The van der Waals surface area contributed by atoms with Crippen molar-refractivity contribution in [2.75, 3.05) is 12.4 Å². The highest BCUT2D eigenvalue weighted by molar-refractivity contribution is 5.93. The quantitative estimate of drug-likeness (QED) is 0.857. The maximum Gasteiger partial charge on any atom is 0.280 e. The summed E-state index contributed by atoms with van der Waals surface area (Å²) < 4.78 is 25.5. The fourth-order valence-electron chi connectivity index (χ4n) is 1.87. The highest BCUT2D eigenvalue weighted by Gasteiger charge is 2.14. The molecule has 2 aromatic rings. The molecule has 1 heterocycles. The highest BCUT2D eigenvalue weighted by Crippen LogP contribution is 2.30. The Morgan fingerprint density at radius 1 is 1.24 bits per heavy atom. The van der Waals surface area contributed by atoms with Gasteiger partial charge in [0.05, 0.1) is 5.52 Å². The molecule has 0 aliphatic rings. The Morgan fingerprint density at radius 3 is 2.53 bits per heavy atom. The molecule has 0 fully saturated rings. The lowest BCUT2D eigenvalue weighted by Gasteiger charge is -2.11. The highest BCUT2D eigenvalue weighted by atomic mass is 19.3. The number of anilines is 1. The van der Waals surface area contributed by atoms with E-state index in [2.05, 4.69) is 10.3 Å². The first kappa shape index (κ1) is 11.8. The number of hydrogen-bond donors (Lipinski definition) is 1. The van der Waals surface area contributed by atoms with Crippen molar-refractivity contribution in [2.45, 2.75) is 20.3 Å². The van der Waals surface area contributed by atoms with E-state index in [-0.39, 0.29) is 5.69 Å². The summed E-state index contributed by atoms with van der Waals surface area (Å²) in [5.41, 5.74) is 3.15. The Bertz CT molecular complexity index is 565. The number of fused-ring (bicyclic) bond motifs is 1. The van der Waals surface area contributed by atoms with Gasteiger partial charge in [-0.2, -0.15) is 0 Å². The number of benzene rings is 1. The SMILES string of the molecule is CNc1cc(C(F)F)nc2c(C)c(C)ccc12. The average Bonchev–Trinajstić information content (AvgIpc) is 2.32. The zero-order chi connectivity index (χ0) is 12.6. The Labute approximate surface area is 98.7 Å². The number of hydrogen-bond acceptors (Lipinski definition) is 2. The maximum absolute atomic E-state index is 12.8. The van der Waals surface area contributed by atoms with Crippen molar-refractivity contribution < 1.29 is 8.78 Å². The van der Waals surface area contributed by atoms with E-state index in [0.717, 1.165) is 16.5 Å². The summed E-state index contributed by atoms with van der Waals surface area (Å²) in [5.74, 6) is 0. The van der Waals surface area contributed by atoms with Crippen LogP contribution in [0.4, 0.5) is 14.5 Å². The monoisotopic (exact) mass is 236 g/mol. The first-order valence-corrected chi connectivity index (χ1v) is 5.41. The summed E-state index contributed by atoms with van der Waals surface area (Å²) in [5, 5.41) is 3.81. The zero-order valence-electron chi connectivity index (χ0n) is 10.0. The third kappa shape index (κ3) is 1.95. The fraction of sp³-hybridized carbons (Fsp3) is 0.308. The topological polar surface area (TPSA) is 24.9 Å². The van der Waals surface area contributed by atoms with E-state index < -0.39 is 6.43 Å². The van der Waals surface area contributed by atoms with E-state index in [0.29, 0.717) is 11.2 Å². The van der Waals surface area contributed by atoms with E-state index >= 15 is 0 Å². The predicted molar refractivity (Wildman–Crippen MR) is 65.7 cm³/mol. The number of pyridine rings is 1. The number of rotatable bonds is 2. The second-order valence-electron chi connectivity index (χ2n) is 4.05. The summed E-state index contributed by atoms with van der Waals surface area (Å²) >= 11 is 0. The van der Waals surface area contributed by atoms with Crippen LogP contribution in [-0.4, -0.2) is 12.0 Å². The van der Waals surface area contributed by atoms with Crippen molar-refractivity contribution >= 4 is 16.6 Å². The van der Waals surface area contributed by atoms with Gasteiger partial charge < -0.3 is 5.32 Å². The normalized spacial score (nSPS) is 11.2. The predicted octanol–water partition coefficient (Wildman–Crippen LogP) is 3.83. The molecule has 4 heteroatoms. The van der Waals surface area contributed by atoms with E-state index in [9.17, 15) is 8.78 Å². The lowest BCUT2D eigenvalue weighted by molar-refractivity contribution is 0.146. The van der Waals surface area contributed by atoms with Gasteiger partial charge in [0.15, 0.2) is 0 Å². The summed E-state index contributed by atoms with van der Waals surface area (Å²) in [4.78, 5) is 4.05. The number of halogens is 2. The fourth-order valence-corrected chi connectivity index (χ4v) is 1.87. The van der Waals surface area contributed by atoms with Gasteiger partial charge in [-0.1, -0.05) is 12.1 Å². The number of aromatic nitrogens is 1. The molecule has 90 valence electrons. The molecule has 0 unspecified atom stereocenters. The lowest BCUT2D eigenvalue weighted by atomic mass is 10.0. The molecule has 0 amide bonds. The molecule has 0 bridgehead atoms. The molecule has 1 aromatic carbocycles. The smallest absolute Gasteiger partial charge is 0.280 e. The standard InChI is InChI=1S/C13H14F2N2/c1-7-4-5-9-10(16-3)6-11(13(14)15)17-12(9)8(7)2/h4-6,13H,1-3H3,(H,16,17). The van der Waals surface area contributed by atoms with Crippen LogP contribution in [0.25, 0.3) is 10.9 Å². The lowest BCUT2D eigenvalue weighted by Crippen LogP contribution is -1.99. The zero-order valence-corrected chi connectivity index (χ0v) is 10.0. The van der Waals surface area contributed by atoms with Crippen molar-refractivity contribution in [1.29, 1.82) is 0 Å². The first-order chi connectivity index (χ1) is 8.04. The molecule has 0 saturated carbocycles. The molecule has 0 aliphatic heterocycles. The van der Waals surface area contributed by atoms with Gasteiger partial charge in [-0.05, 0) is 31.0 Å². The molecule has 0 spiro atoms. The van der Waals surface area contributed by atoms with E-state index in [1.807, 2.05) is 26.0 Å². The molecule has 17 heavy (non-hydrogen) atoms. The van der Waals surface area contributed by atoms with Crippen LogP contribution in [-0.2, 0) is 0 Å². The van der Waals surface area contributed by atoms with Crippen LogP contribution in [0.2, 0.25) is 0 Å². The third-order valence-corrected chi connectivity index (χ3v) is 3.02. The Hall–Kier alpha value is -1.71. The van der Waals surface area contributed by atoms with E-state index in [1.165, 1.54) is 6.07 Å². The Morgan fingerprint density at radius 2 is 1.94 bits per heavy atom. The van der Waals surface area contributed by atoms with Crippen molar-refractivity contribution in [3.63, 3.8) is 0 Å². The molecule has 0 saturated heterocycles. The van der Waals surface area contributed by atoms with Gasteiger partial charge >= 0.3 is 0 Å². The van der Waals surface area contributed by atoms with Gasteiger partial charge in [0, 0.05) is 18.1 Å². The summed E-state index contributed by atoms with van der Waals surface area (Å²) in [6.45, 7) is 3.85. The van der Waals surface area contributed by atoms with E-state index in [4.69, 9.17) is 0 Å². The number of alkyl halides is 2. The summed E-state index contributed by atoms with van der Waals surface area (Å²) in [7, 11) is 1.72. The van der Waals surface area contributed by atoms with Gasteiger partial charge in [0.2, 0.25) is 0 Å². The molecule has 0 radical (unpaired) electrons.